The molecule has 0 amide bonds. The summed E-state index contributed by atoms with van der Waals surface area (Å²) in [4.78, 5) is 8.99. The van der Waals surface area contributed by atoms with Crippen LogP contribution in [0.5, 0.6) is 0 Å². The minimum Gasteiger partial charge on any atom is -0.359 e. The van der Waals surface area contributed by atoms with Crippen LogP contribution in [0.15, 0.2) is 53.7 Å². The first-order valence-corrected chi connectivity index (χ1v) is 6.67. The second-order valence-corrected chi connectivity index (χ2v) is 4.71. The molecular weight excluding hydrogens is 228 g/mol. The fraction of sp³-hybridized carbons (Fsp3) is 0.0714. The molecule has 2 heterocycles. The van der Waals surface area contributed by atoms with Gasteiger partial charge in [0.05, 0.1) is 11.2 Å². The zero-order valence-electron chi connectivity index (χ0n) is 9.47. The highest BCUT2D eigenvalue weighted by molar-refractivity contribution is 7.98. The van der Waals surface area contributed by atoms with Gasteiger partial charge in [-0.15, -0.1) is 11.8 Å². The predicted octanol–water partition coefficient (Wildman–Crippen LogP) is 3.95. The van der Waals surface area contributed by atoms with E-state index in [0.29, 0.717) is 0 Å². The van der Waals surface area contributed by atoms with Gasteiger partial charge in [0.25, 0.3) is 0 Å². The van der Waals surface area contributed by atoms with Crippen molar-refractivity contribution in [3.63, 3.8) is 0 Å². The number of aromatic amines is 1. The van der Waals surface area contributed by atoms with Gasteiger partial charge in [-0.05, 0) is 30.5 Å². The van der Waals surface area contributed by atoms with Gasteiger partial charge in [-0.25, -0.2) is 0 Å². The van der Waals surface area contributed by atoms with E-state index in [1.165, 1.54) is 10.3 Å². The normalized spacial score (nSPS) is 10.9. The molecule has 0 aliphatic rings. The number of nitrogens with one attached hydrogen (secondary N) is 1. The third kappa shape index (κ3) is 1.83. The molecule has 0 spiro atoms. The Morgan fingerprint density at radius 3 is 2.65 bits per heavy atom. The van der Waals surface area contributed by atoms with Gasteiger partial charge in [-0.1, -0.05) is 12.1 Å². The highest BCUT2D eigenvalue weighted by Crippen LogP contribution is 2.26. The fourth-order valence-electron chi connectivity index (χ4n) is 1.95. The Kier molecular flexibility index (Phi) is 2.61. The van der Waals surface area contributed by atoms with Crippen molar-refractivity contribution >= 4 is 22.7 Å². The summed E-state index contributed by atoms with van der Waals surface area (Å²) >= 11 is 1.75. The number of aromatic nitrogens is 2. The Bertz CT molecular complexity index is 641. The van der Waals surface area contributed by atoms with E-state index in [0.717, 1.165) is 16.8 Å². The zero-order chi connectivity index (χ0) is 11.7. The molecule has 3 rings (SSSR count). The highest BCUT2D eigenvalue weighted by atomic mass is 32.2. The first-order valence-electron chi connectivity index (χ1n) is 5.45. The molecule has 2 aromatic heterocycles. The minimum atomic E-state index is 1.01. The van der Waals surface area contributed by atoms with Crippen LogP contribution in [0, 0.1) is 0 Å². The number of pyridine rings is 1. The SMILES string of the molecule is CSc1ccc(-c2nccc3cc[nH]c23)cc1. The van der Waals surface area contributed by atoms with Gasteiger partial charge in [0, 0.05) is 28.2 Å². The lowest BCUT2D eigenvalue weighted by atomic mass is 10.1. The molecule has 1 aromatic carbocycles. The molecule has 0 unspecified atom stereocenters. The molecule has 84 valence electrons. The Morgan fingerprint density at radius 2 is 1.88 bits per heavy atom. The van der Waals surface area contributed by atoms with E-state index in [4.69, 9.17) is 0 Å². The standard InChI is InChI=1S/C14H12N2S/c1-17-12-4-2-10(3-5-12)13-14-11(6-8-15-13)7-9-16-14/h2-9,16H,1H3. The van der Waals surface area contributed by atoms with Crippen LogP contribution in [0.2, 0.25) is 0 Å². The summed E-state index contributed by atoms with van der Waals surface area (Å²) in [6.07, 6.45) is 5.89. The van der Waals surface area contributed by atoms with Crippen LogP contribution in [-0.4, -0.2) is 16.2 Å². The second-order valence-electron chi connectivity index (χ2n) is 3.83. The van der Waals surface area contributed by atoms with Gasteiger partial charge in [0.1, 0.15) is 0 Å². The first kappa shape index (κ1) is 10.4. The summed E-state index contributed by atoms with van der Waals surface area (Å²) in [6.45, 7) is 0. The van der Waals surface area contributed by atoms with E-state index >= 15 is 0 Å². The van der Waals surface area contributed by atoms with Gasteiger partial charge in [0.15, 0.2) is 0 Å². The van der Waals surface area contributed by atoms with Crippen LogP contribution in [0.1, 0.15) is 0 Å². The maximum absolute atomic E-state index is 4.47. The zero-order valence-corrected chi connectivity index (χ0v) is 10.3. The number of hydrogen-bond acceptors (Lipinski definition) is 2. The third-order valence-corrected chi connectivity index (χ3v) is 3.58. The Labute approximate surface area is 104 Å². The lowest BCUT2D eigenvalue weighted by molar-refractivity contribution is 1.32. The molecule has 0 aliphatic carbocycles. The van der Waals surface area contributed by atoms with Crippen LogP contribution >= 0.6 is 11.8 Å². The molecule has 3 aromatic rings. The lowest BCUT2D eigenvalue weighted by Crippen LogP contribution is -1.85. The number of thioether (sulfide) groups is 1. The van der Waals surface area contributed by atoms with Crippen molar-refractivity contribution in [3.8, 4) is 11.3 Å². The largest absolute Gasteiger partial charge is 0.359 e. The molecule has 3 heteroatoms. The number of fused-ring (bicyclic) bond motifs is 1. The van der Waals surface area contributed by atoms with Crippen molar-refractivity contribution in [1.29, 1.82) is 0 Å². The topological polar surface area (TPSA) is 28.7 Å². The van der Waals surface area contributed by atoms with Crippen molar-refractivity contribution in [3.05, 3.63) is 48.8 Å². The Hall–Kier alpha value is -1.74. The van der Waals surface area contributed by atoms with E-state index in [-0.39, 0.29) is 0 Å². The van der Waals surface area contributed by atoms with Gasteiger partial charge < -0.3 is 4.98 Å². The molecule has 0 radical (unpaired) electrons. The monoisotopic (exact) mass is 240 g/mol. The number of hydrogen-bond donors (Lipinski definition) is 1. The van der Waals surface area contributed by atoms with Crippen LogP contribution in [0.3, 0.4) is 0 Å². The Balaban J connectivity index is 2.16. The smallest absolute Gasteiger partial charge is 0.0942 e. The highest BCUT2D eigenvalue weighted by Gasteiger charge is 2.05. The maximum Gasteiger partial charge on any atom is 0.0942 e. The molecule has 0 saturated heterocycles. The third-order valence-electron chi connectivity index (χ3n) is 2.84. The summed E-state index contributed by atoms with van der Waals surface area (Å²) in [5, 5.41) is 1.20. The number of H-pyrrole nitrogens is 1. The van der Waals surface area contributed by atoms with Crippen molar-refractivity contribution in [1.82, 2.24) is 9.97 Å². The molecule has 2 nitrogen and oxygen atoms in total. The predicted molar refractivity (Wildman–Crippen MR) is 73.3 cm³/mol. The maximum atomic E-state index is 4.47. The first-order chi connectivity index (χ1) is 8.38. The van der Waals surface area contributed by atoms with E-state index in [1.807, 2.05) is 18.5 Å². The van der Waals surface area contributed by atoms with E-state index in [9.17, 15) is 0 Å². The van der Waals surface area contributed by atoms with Crippen molar-refractivity contribution in [2.24, 2.45) is 0 Å². The molecule has 0 atom stereocenters. The average molecular weight is 240 g/mol. The van der Waals surface area contributed by atoms with Crippen LogP contribution < -0.4 is 0 Å². The summed E-state index contributed by atoms with van der Waals surface area (Å²) in [6, 6.07) is 12.6. The lowest BCUT2D eigenvalue weighted by Gasteiger charge is -2.03. The molecule has 0 fully saturated rings. The van der Waals surface area contributed by atoms with Gasteiger partial charge >= 0.3 is 0 Å². The van der Waals surface area contributed by atoms with Gasteiger partial charge in [-0.3, -0.25) is 4.98 Å². The molecule has 0 saturated carbocycles. The molecule has 1 N–H and O–H groups in total. The van der Waals surface area contributed by atoms with Crippen molar-refractivity contribution < 1.29 is 0 Å². The molecule has 0 aliphatic heterocycles. The van der Waals surface area contributed by atoms with E-state index in [2.05, 4.69) is 46.6 Å². The van der Waals surface area contributed by atoms with E-state index in [1.54, 1.807) is 11.8 Å². The number of nitrogens with zero attached hydrogens (tertiary/aromatic N) is 1. The van der Waals surface area contributed by atoms with Crippen molar-refractivity contribution in [2.45, 2.75) is 4.90 Å². The molecular formula is C14H12N2S. The second kappa shape index (κ2) is 4.26. The Morgan fingerprint density at radius 1 is 1.06 bits per heavy atom. The minimum absolute atomic E-state index is 1.01. The summed E-state index contributed by atoms with van der Waals surface area (Å²) in [7, 11) is 0. The summed E-state index contributed by atoms with van der Waals surface area (Å²) in [5.41, 5.74) is 3.26. The van der Waals surface area contributed by atoms with Crippen LogP contribution in [-0.2, 0) is 0 Å². The van der Waals surface area contributed by atoms with Crippen LogP contribution in [0.4, 0.5) is 0 Å². The average Bonchev–Trinajstić information content (AvgIpc) is 2.87. The summed E-state index contributed by atoms with van der Waals surface area (Å²) < 4.78 is 0. The van der Waals surface area contributed by atoms with Gasteiger partial charge in [-0.2, -0.15) is 0 Å². The fourth-order valence-corrected chi connectivity index (χ4v) is 2.36. The van der Waals surface area contributed by atoms with Crippen molar-refractivity contribution in [2.75, 3.05) is 6.26 Å². The number of benzene rings is 1. The quantitative estimate of drug-likeness (QED) is 0.687. The molecule has 17 heavy (non-hydrogen) atoms. The number of rotatable bonds is 2. The molecule has 0 bridgehead atoms. The van der Waals surface area contributed by atoms with Crippen LogP contribution in [0.25, 0.3) is 22.2 Å². The summed E-state index contributed by atoms with van der Waals surface area (Å²) in [5.74, 6) is 0. The van der Waals surface area contributed by atoms with Gasteiger partial charge in [0.2, 0.25) is 0 Å². The van der Waals surface area contributed by atoms with E-state index < -0.39 is 0 Å².